The maximum atomic E-state index is 6.76. The van der Waals surface area contributed by atoms with Crippen LogP contribution in [0.15, 0.2) is 222 Å². The minimum absolute atomic E-state index is 0.394. The Labute approximate surface area is 375 Å². The lowest BCUT2D eigenvalue weighted by molar-refractivity contribution is 0.669. The van der Waals surface area contributed by atoms with Crippen LogP contribution in [0.3, 0.4) is 0 Å². The fourth-order valence-corrected chi connectivity index (χ4v) is 11.9. The number of rotatable bonds is 6. The molecule has 0 unspecified atom stereocenters. The summed E-state index contributed by atoms with van der Waals surface area (Å²) in [5.41, 5.74) is 21.5. The van der Waals surface area contributed by atoms with Crippen molar-refractivity contribution in [3.8, 4) is 44.5 Å². The van der Waals surface area contributed by atoms with Crippen molar-refractivity contribution in [2.24, 2.45) is 4.99 Å². The van der Waals surface area contributed by atoms with E-state index in [9.17, 15) is 0 Å². The zero-order valence-electron chi connectivity index (χ0n) is 35.1. The van der Waals surface area contributed by atoms with Gasteiger partial charge in [0.1, 0.15) is 11.2 Å². The van der Waals surface area contributed by atoms with Crippen LogP contribution in [0.1, 0.15) is 45.2 Å². The Bertz CT molecular complexity index is 3690. The van der Waals surface area contributed by atoms with Crippen LogP contribution in [-0.4, -0.2) is 5.71 Å². The number of benzene rings is 9. The molecule has 0 aliphatic heterocycles. The molecule has 0 amide bonds. The van der Waals surface area contributed by atoms with Gasteiger partial charge in [-0.2, -0.15) is 0 Å². The van der Waals surface area contributed by atoms with Gasteiger partial charge in [-0.1, -0.05) is 176 Å². The van der Waals surface area contributed by atoms with Gasteiger partial charge < -0.3 is 4.42 Å². The Balaban J connectivity index is 0.946. The fraction of sp³-hybridized carbons (Fsp3) is 0.0328. The van der Waals surface area contributed by atoms with E-state index in [1.807, 2.05) is 6.07 Å². The van der Waals surface area contributed by atoms with Gasteiger partial charge in [-0.25, -0.2) is 0 Å². The molecule has 2 aromatic heterocycles. The van der Waals surface area contributed by atoms with Crippen molar-refractivity contribution in [1.82, 2.24) is 0 Å². The zero-order valence-corrected chi connectivity index (χ0v) is 35.9. The Kier molecular flexibility index (Phi) is 8.09. The smallest absolute Gasteiger partial charge is 0.136 e. The van der Waals surface area contributed by atoms with Crippen LogP contribution in [0.5, 0.6) is 0 Å². The van der Waals surface area contributed by atoms with Crippen LogP contribution >= 0.6 is 11.3 Å². The summed E-state index contributed by atoms with van der Waals surface area (Å²) >= 11 is 1.75. The molecule has 0 bridgehead atoms. The van der Waals surface area contributed by atoms with Crippen molar-refractivity contribution < 1.29 is 4.42 Å². The molecular formula is C61H39NOS. The lowest BCUT2D eigenvalue weighted by Gasteiger charge is -2.30. The maximum absolute atomic E-state index is 6.76. The first-order valence-electron chi connectivity index (χ1n) is 21.9. The van der Waals surface area contributed by atoms with Gasteiger partial charge in [0.15, 0.2) is 0 Å². The molecule has 1 spiro atoms. The van der Waals surface area contributed by atoms with Crippen molar-refractivity contribution >= 4 is 60.3 Å². The standard InChI is InChI=1S/C61H39NOS/c1-37(39-16-5-3-6-17-39)60-59(50-34-41(30-33-57(50)64-60)40-18-7-4-8-19-40)62-38(2)44-23-15-27-55-58(44)49-32-29-43(36-56(49)63-55)42-28-31-48-47-22-11-14-26-53(47)61(54(48)35-42)51-24-12-9-20-45(51)46-21-10-13-25-52(46)61/h3-36H,1H2,2H3. The molecule has 3 heteroatoms. The van der Waals surface area contributed by atoms with Gasteiger partial charge in [0.25, 0.3) is 0 Å². The SMILES string of the molecule is C=C(c1ccccc1)c1sc2ccc(-c3ccccc3)cc2c1N=C(C)c1cccc2oc3cc(-c4ccc5c(c4)C4(c6ccccc6-c6ccccc64)c4ccccc4-5)ccc3c12. The molecule has 2 nitrogen and oxygen atoms in total. The van der Waals surface area contributed by atoms with Crippen molar-refractivity contribution in [1.29, 1.82) is 0 Å². The molecule has 64 heavy (non-hydrogen) atoms. The number of fused-ring (bicyclic) bond motifs is 14. The molecule has 2 heterocycles. The quantitative estimate of drug-likeness (QED) is 0.153. The van der Waals surface area contributed by atoms with Crippen molar-refractivity contribution in [2.45, 2.75) is 12.3 Å². The second kappa shape index (κ2) is 14.1. The largest absolute Gasteiger partial charge is 0.456 e. The predicted octanol–water partition coefficient (Wildman–Crippen LogP) is 16.7. The zero-order chi connectivity index (χ0) is 42.5. The molecular weight excluding hydrogens is 795 g/mol. The van der Waals surface area contributed by atoms with E-state index in [2.05, 4.69) is 214 Å². The highest BCUT2D eigenvalue weighted by Gasteiger charge is 2.51. The van der Waals surface area contributed by atoms with Gasteiger partial charge in [0, 0.05) is 32.1 Å². The molecule has 13 rings (SSSR count). The van der Waals surface area contributed by atoms with Crippen LogP contribution < -0.4 is 0 Å². The van der Waals surface area contributed by atoms with Crippen LogP contribution in [0.2, 0.25) is 0 Å². The number of nitrogens with zero attached hydrogens (tertiary/aromatic N) is 1. The summed E-state index contributed by atoms with van der Waals surface area (Å²) in [4.78, 5) is 6.61. The number of hydrogen-bond donors (Lipinski definition) is 0. The van der Waals surface area contributed by atoms with Gasteiger partial charge in [-0.15, -0.1) is 11.3 Å². The van der Waals surface area contributed by atoms with E-state index in [0.29, 0.717) is 0 Å². The van der Waals surface area contributed by atoms with E-state index in [1.165, 1.54) is 60.3 Å². The summed E-state index contributed by atoms with van der Waals surface area (Å²) in [5, 5.41) is 3.26. The molecule has 0 N–H and O–H groups in total. The number of thiophene rings is 1. The van der Waals surface area contributed by atoms with E-state index in [4.69, 9.17) is 9.41 Å². The van der Waals surface area contributed by atoms with E-state index in [0.717, 1.165) is 71.4 Å². The third-order valence-corrected chi connectivity index (χ3v) is 14.9. The van der Waals surface area contributed by atoms with Crippen LogP contribution in [0.4, 0.5) is 5.69 Å². The molecule has 0 saturated carbocycles. The molecule has 0 radical (unpaired) electrons. The highest BCUT2D eigenvalue weighted by molar-refractivity contribution is 7.20. The summed E-state index contributed by atoms with van der Waals surface area (Å²) < 4.78 is 7.94. The molecule has 11 aromatic rings. The van der Waals surface area contributed by atoms with E-state index in [-0.39, 0.29) is 0 Å². The first-order chi connectivity index (χ1) is 31.6. The molecule has 9 aromatic carbocycles. The van der Waals surface area contributed by atoms with Crippen molar-refractivity contribution in [3.05, 3.63) is 251 Å². The Morgan fingerprint density at radius 2 is 1.06 bits per heavy atom. The molecule has 0 fully saturated rings. The Hall–Kier alpha value is -7.85. The number of furan rings is 1. The normalized spacial score (nSPS) is 13.4. The van der Waals surface area contributed by atoms with Gasteiger partial charge in [-0.3, -0.25) is 4.99 Å². The second-order valence-electron chi connectivity index (χ2n) is 17.0. The minimum atomic E-state index is -0.394. The lowest BCUT2D eigenvalue weighted by Crippen LogP contribution is -2.25. The predicted molar refractivity (Wildman–Crippen MR) is 269 cm³/mol. The first-order valence-corrected chi connectivity index (χ1v) is 22.7. The highest BCUT2D eigenvalue weighted by atomic mass is 32.1. The Morgan fingerprint density at radius 1 is 0.484 bits per heavy atom. The second-order valence-corrected chi connectivity index (χ2v) is 18.1. The van der Waals surface area contributed by atoms with E-state index >= 15 is 0 Å². The number of aliphatic imine (C=N–C) groups is 1. The highest BCUT2D eigenvalue weighted by Crippen LogP contribution is 2.63. The fourth-order valence-electron chi connectivity index (χ4n) is 10.8. The van der Waals surface area contributed by atoms with Crippen LogP contribution in [0, 0.1) is 0 Å². The summed E-state index contributed by atoms with van der Waals surface area (Å²) in [7, 11) is 0. The molecule has 0 saturated heterocycles. The maximum Gasteiger partial charge on any atom is 0.136 e. The first kappa shape index (κ1) is 36.8. The summed E-state index contributed by atoms with van der Waals surface area (Å²) in [6.45, 7) is 6.75. The molecule has 2 aliphatic carbocycles. The van der Waals surface area contributed by atoms with Gasteiger partial charge in [0.05, 0.1) is 16.0 Å². The van der Waals surface area contributed by atoms with Gasteiger partial charge in [-0.05, 0) is 121 Å². The minimum Gasteiger partial charge on any atom is -0.456 e. The number of hydrogen-bond acceptors (Lipinski definition) is 3. The summed E-state index contributed by atoms with van der Waals surface area (Å²) in [6, 6.07) is 74.8. The summed E-state index contributed by atoms with van der Waals surface area (Å²) in [6.07, 6.45) is 0. The average Bonchev–Trinajstić information content (AvgIpc) is 4.09. The third-order valence-electron chi connectivity index (χ3n) is 13.7. The van der Waals surface area contributed by atoms with Crippen LogP contribution in [-0.2, 0) is 5.41 Å². The molecule has 2 aliphatic rings. The Morgan fingerprint density at radius 3 is 1.77 bits per heavy atom. The van der Waals surface area contributed by atoms with E-state index in [1.54, 1.807) is 11.3 Å². The topological polar surface area (TPSA) is 25.5 Å². The van der Waals surface area contributed by atoms with Gasteiger partial charge >= 0.3 is 0 Å². The summed E-state index contributed by atoms with van der Waals surface area (Å²) in [5.74, 6) is 0. The third kappa shape index (κ3) is 5.28. The monoisotopic (exact) mass is 833 g/mol. The van der Waals surface area contributed by atoms with Crippen LogP contribution in [0.25, 0.3) is 82.1 Å². The van der Waals surface area contributed by atoms with Gasteiger partial charge in [0.2, 0.25) is 0 Å². The lowest BCUT2D eigenvalue weighted by atomic mass is 9.70. The molecule has 300 valence electrons. The van der Waals surface area contributed by atoms with Crippen molar-refractivity contribution in [2.75, 3.05) is 0 Å². The van der Waals surface area contributed by atoms with E-state index < -0.39 is 5.41 Å². The van der Waals surface area contributed by atoms with Crippen molar-refractivity contribution in [3.63, 3.8) is 0 Å². The average molecular weight is 834 g/mol. The molecule has 0 atom stereocenters.